The number of carboxylic acid groups (broad SMARTS) is 1. The van der Waals surface area contributed by atoms with Crippen LogP contribution < -0.4 is 30.2 Å². The van der Waals surface area contributed by atoms with Gasteiger partial charge in [0.1, 0.15) is 11.4 Å². The fraction of sp³-hybridized carbons (Fsp3) is 0.118. The molecule has 0 heterocycles. The standard InChI is InChI=1S/C34H31N3O8S/c1-43-28-19-30(45-3)29(44-2)18-23(28)17-27(37-32(39)21-8-5-4-6-9-21)33(40)36-24-12-14-26(15-13-24)46-20-31(38)35-25-11-7-10-22(16-25)34(41)42/h4-19H,20H2,1-3H3,(H,35,38)(H,36,40)(H,37,39)(H,41,42)/b27-17-. The third-order valence-corrected chi connectivity index (χ3v) is 7.45. The van der Waals surface area contributed by atoms with Crippen molar-refractivity contribution in [2.75, 3.05) is 37.7 Å². The molecule has 0 atom stereocenters. The second kappa shape index (κ2) is 15.8. The molecule has 12 heteroatoms. The van der Waals surface area contributed by atoms with Crippen LogP contribution in [0.15, 0.2) is 102 Å². The predicted molar refractivity (Wildman–Crippen MR) is 176 cm³/mol. The molecule has 0 radical (unpaired) electrons. The molecule has 3 amide bonds. The number of benzene rings is 4. The average Bonchev–Trinajstić information content (AvgIpc) is 3.07. The van der Waals surface area contributed by atoms with E-state index >= 15 is 0 Å². The number of amides is 3. The molecule has 0 aliphatic carbocycles. The van der Waals surface area contributed by atoms with Gasteiger partial charge in [-0.25, -0.2) is 4.79 Å². The van der Waals surface area contributed by atoms with Gasteiger partial charge in [0.2, 0.25) is 5.91 Å². The lowest BCUT2D eigenvalue weighted by Gasteiger charge is -2.15. The number of nitrogens with one attached hydrogen (secondary N) is 3. The van der Waals surface area contributed by atoms with Gasteiger partial charge < -0.3 is 35.3 Å². The van der Waals surface area contributed by atoms with Gasteiger partial charge in [0.25, 0.3) is 11.8 Å². The summed E-state index contributed by atoms with van der Waals surface area (Å²) in [4.78, 5) is 50.9. The highest BCUT2D eigenvalue weighted by atomic mass is 32.2. The Morgan fingerprint density at radius 1 is 0.717 bits per heavy atom. The minimum atomic E-state index is -1.08. The number of carboxylic acids is 1. The third-order valence-electron chi connectivity index (χ3n) is 6.44. The fourth-order valence-corrected chi connectivity index (χ4v) is 4.87. The molecule has 0 aliphatic rings. The second-order valence-corrected chi connectivity index (χ2v) is 10.6. The van der Waals surface area contributed by atoms with Crippen molar-refractivity contribution in [3.05, 3.63) is 113 Å². The summed E-state index contributed by atoms with van der Waals surface area (Å²) < 4.78 is 16.3. The monoisotopic (exact) mass is 641 g/mol. The quantitative estimate of drug-likeness (QED) is 0.109. The Labute approximate surface area is 269 Å². The molecule has 0 spiro atoms. The Balaban J connectivity index is 1.49. The Hall–Kier alpha value is -5.75. The van der Waals surface area contributed by atoms with Crippen molar-refractivity contribution in [1.29, 1.82) is 0 Å². The van der Waals surface area contributed by atoms with E-state index in [0.717, 1.165) is 4.90 Å². The number of hydrogen-bond acceptors (Lipinski definition) is 8. The lowest BCUT2D eigenvalue weighted by Crippen LogP contribution is -2.30. The van der Waals surface area contributed by atoms with Crippen LogP contribution in [-0.2, 0) is 9.59 Å². The first-order valence-electron chi connectivity index (χ1n) is 13.8. The van der Waals surface area contributed by atoms with Crippen LogP contribution in [0.1, 0.15) is 26.3 Å². The maximum Gasteiger partial charge on any atom is 0.335 e. The molecule has 4 aromatic rings. The molecular weight excluding hydrogens is 610 g/mol. The van der Waals surface area contributed by atoms with Gasteiger partial charge in [0, 0.05) is 33.5 Å². The maximum atomic E-state index is 13.5. The lowest BCUT2D eigenvalue weighted by atomic mass is 10.1. The van der Waals surface area contributed by atoms with Crippen LogP contribution in [0.5, 0.6) is 17.2 Å². The highest BCUT2D eigenvalue weighted by molar-refractivity contribution is 8.00. The molecule has 0 fully saturated rings. The summed E-state index contributed by atoms with van der Waals surface area (Å²) in [6.45, 7) is 0. The van der Waals surface area contributed by atoms with E-state index in [1.54, 1.807) is 78.9 Å². The smallest absolute Gasteiger partial charge is 0.335 e. The number of carbonyl (C=O) groups excluding carboxylic acids is 3. The van der Waals surface area contributed by atoms with Crippen molar-refractivity contribution >= 4 is 52.9 Å². The van der Waals surface area contributed by atoms with Gasteiger partial charge in [-0.1, -0.05) is 24.3 Å². The Kier molecular flexibility index (Phi) is 11.4. The molecule has 0 saturated heterocycles. The summed E-state index contributed by atoms with van der Waals surface area (Å²) in [5.74, 6) is -1.17. The molecule has 4 N–H and O–H groups in total. The van der Waals surface area contributed by atoms with Crippen LogP contribution in [-0.4, -0.2) is 55.9 Å². The summed E-state index contributed by atoms with van der Waals surface area (Å²) in [7, 11) is 4.45. The summed E-state index contributed by atoms with van der Waals surface area (Å²) in [6, 6.07) is 24.5. The van der Waals surface area contributed by atoms with Gasteiger partial charge in [-0.05, 0) is 66.7 Å². The fourth-order valence-electron chi connectivity index (χ4n) is 4.17. The van der Waals surface area contributed by atoms with Crippen molar-refractivity contribution in [3.63, 3.8) is 0 Å². The molecule has 4 rings (SSSR count). The summed E-state index contributed by atoms with van der Waals surface area (Å²) in [5.41, 5.74) is 1.67. The number of carbonyl (C=O) groups is 4. The van der Waals surface area contributed by atoms with Gasteiger partial charge in [-0.15, -0.1) is 11.8 Å². The molecule has 0 bridgehead atoms. The lowest BCUT2D eigenvalue weighted by molar-refractivity contribution is -0.114. The number of methoxy groups -OCH3 is 3. The van der Waals surface area contributed by atoms with Gasteiger partial charge in [-0.3, -0.25) is 14.4 Å². The Bertz CT molecular complexity index is 1760. The van der Waals surface area contributed by atoms with E-state index in [0.29, 0.717) is 39.8 Å². The number of rotatable bonds is 13. The Morgan fingerprint density at radius 2 is 1.37 bits per heavy atom. The molecule has 46 heavy (non-hydrogen) atoms. The third kappa shape index (κ3) is 8.89. The number of anilines is 2. The van der Waals surface area contributed by atoms with Gasteiger partial charge >= 0.3 is 5.97 Å². The van der Waals surface area contributed by atoms with Crippen LogP contribution in [0, 0.1) is 0 Å². The Morgan fingerprint density at radius 3 is 2.02 bits per heavy atom. The summed E-state index contributed by atoms with van der Waals surface area (Å²) >= 11 is 1.27. The first-order chi connectivity index (χ1) is 22.2. The number of ether oxygens (including phenoxy) is 3. The zero-order chi connectivity index (χ0) is 33.1. The van der Waals surface area contributed by atoms with Crippen molar-refractivity contribution in [1.82, 2.24) is 5.32 Å². The van der Waals surface area contributed by atoms with E-state index in [4.69, 9.17) is 19.3 Å². The van der Waals surface area contributed by atoms with Gasteiger partial charge in [0.05, 0.1) is 32.6 Å². The summed E-state index contributed by atoms with van der Waals surface area (Å²) in [6.07, 6.45) is 1.48. The van der Waals surface area contributed by atoms with Crippen LogP contribution in [0.25, 0.3) is 6.08 Å². The minimum absolute atomic E-state index is 0.0542. The maximum absolute atomic E-state index is 13.5. The van der Waals surface area contributed by atoms with Crippen LogP contribution in [0.4, 0.5) is 11.4 Å². The highest BCUT2D eigenvalue weighted by Gasteiger charge is 2.18. The van der Waals surface area contributed by atoms with Crippen molar-refractivity contribution in [3.8, 4) is 17.2 Å². The van der Waals surface area contributed by atoms with Crippen LogP contribution in [0.2, 0.25) is 0 Å². The van der Waals surface area contributed by atoms with E-state index in [1.165, 1.54) is 51.3 Å². The average molecular weight is 642 g/mol. The molecular formula is C34H31N3O8S. The van der Waals surface area contributed by atoms with E-state index in [-0.39, 0.29) is 22.9 Å². The summed E-state index contributed by atoms with van der Waals surface area (Å²) in [5, 5.41) is 17.3. The van der Waals surface area contributed by atoms with Gasteiger partial charge in [-0.2, -0.15) is 0 Å². The number of thioether (sulfide) groups is 1. The molecule has 236 valence electrons. The molecule has 11 nitrogen and oxygen atoms in total. The zero-order valence-corrected chi connectivity index (χ0v) is 26.0. The molecule has 0 unspecified atom stereocenters. The molecule has 0 aliphatic heterocycles. The van der Waals surface area contributed by atoms with E-state index in [9.17, 15) is 19.2 Å². The normalized spacial score (nSPS) is 10.8. The van der Waals surface area contributed by atoms with Crippen molar-refractivity contribution < 1.29 is 38.5 Å². The van der Waals surface area contributed by atoms with E-state index < -0.39 is 17.8 Å². The molecule has 0 aromatic heterocycles. The largest absolute Gasteiger partial charge is 0.496 e. The topological polar surface area (TPSA) is 152 Å². The van der Waals surface area contributed by atoms with Crippen LogP contribution in [0.3, 0.4) is 0 Å². The van der Waals surface area contributed by atoms with E-state index in [2.05, 4.69) is 16.0 Å². The SMILES string of the molecule is COc1cc(OC)c(OC)cc1/C=C(\NC(=O)c1ccccc1)C(=O)Nc1ccc(SCC(=O)Nc2cccc(C(=O)O)c2)cc1. The van der Waals surface area contributed by atoms with Gasteiger partial charge in [0.15, 0.2) is 11.5 Å². The first-order valence-corrected chi connectivity index (χ1v) is 14.7. The first kappa shape index (κ1) is 33.1. The zero-order valence-electron chi connectivity index (χ0n) is 25.2. The van der Waals surface area contributed by atoms with E-state index in [1.807, 2.05) is 0 Å². The van der Waals surface area contributed by atoms with Crippen molar-refractivity contribution in [2.24, 2.45) is 0 Å². The number of hydrogen-bond donors (Lipinski definition) is 4. The highest BCUT2D eigenvalue weighted by Crippen LogP contribution is 2.35. The molecule has 4 aromatic carbocycles. The number of aromatic carboxylic acids is 1. The second-order valence-electron chi connectivity index (χ2n) is 9.53. The molecule has 0 saturated carbocycles. The minimum Gasteiger partial charge on any atom is -0.496 e. The van der Waals surface area contributed by atoms with Crippen molar-refractivity contribution in [2.45, 2.75) is 4.90 Å². The predicted octanol–water partition coefficient (Wildman–Crippen LogP) is 5.55. The van der Waals surface area contributed by atoms with Crippen LogP contribution >= 0.6 is 11.8 Å².